The van der Waals surface area contributed by atoms with Crippen molar-refractivity contribution < 1.29 is 7.96 Å². The maximum atomic E-state index is 8.92. The first kappa shape index (κ1) is 12.7. The Morgan fingerprint density at radius 1 is 1.30 bits per heavy atom. The van der Waals surface area contributed by atoms with Gasteiger partial charge in [-0.15, -0.1) is 12.4 Å². The van der Waals surface area contributed by atoms with Gasteiger partial charge in [0.2, 0.25) is 0 Å². The van der Waals surface area contributed by atoms with Crippen molar-refractivity contribution >= 4 is 35.5 Å². The Bertz CT molecular complexity index is 178. The summed E-state index contributed by atoms with van der Waals surface area (Å²) in [5.41, 5.74) is 0.924. The van der Waals surface area contributed by atoms with Crippen LogP contribution in [-0.4, -0.2) is 28.2 Å². The second kappa shape index (κ2) is 5.83. The van der Waals surface area contributed by atoms with Gasteiger partial charge in [-0.1, -0.05) is 18.2 Å². The van der Waals surface area contributed by atoms with E-state index in [1.807, 2.05) is 25.1 Å². The average molecular weight is 171 g/mol. The molecule has 10 heavy (non-hydrogen) atoms. The van der Waals surface area contributed by atoms with E-state index in [2.05, 4.69) is 0 Å². The summed E-state index contributed by atoms with van der Waals surface area (Å²) >= 11 is 0. The zero-order valence-corrected chi connectivity index (χ0v) is 8.10. The van der Waals surface area contributed by atoms with E-state index in [1.54, 1.807) is 6.07 Å². The normalized spacial score (nSPS) is 7.30. The van der Waals surface area contributed by atoms with Crippen LogP contribution in [0.2, 0.25) is 0 Å². The fourth-order valence-electron chi connectivity index (χ4n) is 0.563. The second-order valence-corrected chi connectivity index (χ2v) is 1.79. The van der Waals surface area contributed by atoms with E-state index in [4.69, 9.17) is 5.11 Å². The van der Waals surface area contributed by atoms with Crippen LogP contribution in [0.5, 0.6) is 5.75 Å². The number of halogens is 1. The van der Waals surface area contributed by atoms with Gasteiger partial charge in [-0.3, -0.25) is 0 Å². The SMILES string of the molecule is Cc1ccccc1O.Cl.[H-].[H-].[Mg+2]. The minimum absolute atomic E-state index is 0. The fourth-order valence-corrected chi connectivity index (χ4v) is 0.563. The molecule has 0 unspecified atom stereocenters. The van der Waals surface area contributed by atoms with E-state index in [1.165, 1.54) is 0 Å². The number of phenolic OH excluding ortho intramolecular Hbond substituents is 1. The van der Waals surface area contributed by atoms with Crippen LogP contribution in [-0.2, 0) is 0 Å². The quantitative estimate of drug-likeness (QED) is 0.591. The van der Waals surface area contributed by atoms with Gasteiger partial charge >= 0.3 is 23.1 Å². The maximum Gasteiger partial charge on any atom is 2.00 e. The van der Waals surface area contributed by atoms with Crippen LogP contribution in [0.15, 0.2) is 24.3 Å². The number of rotatable bonds is 0. The first-order valence-corrected chi connectivity index (χ1v) is 2.55. The standard InChI is InChI=1S/C7H8O.ClH.Mg.2H/c1-6-4-2-3-5-7(6)8;;;;/h2-5,8H,1H3;1H;;;/q;;+2;2*-1. The van der Waals surface area contributed by atoms with Gasteiger partial charge in [-0.2, -0.15) is 0 Å². The molecule has 0 radical (unpaired) electrons. The molecule has 1 nitrogen and oxygen atoms in total. The molecule has 1 rings (SSSR count). The Morgan fingerprint density at radius 2 is 1.80 bits per heavy atom. The molecule has 0 saturated carbocycles. The topological polar surface area (TPSA) is 20.2 Å². The van der Waals surface area contributed by atoms with Gasteiger partial charge in [0.05, 0.1) is 0 Å². The van der Waals surface area contributed by atoms with Gasteiger partial charge in [0.1, 0.15) is 5.75 Å². The van der Waals surface area contributed by atoms with Crippen LogP contribution in [0.25, 0.3) is 0 Å². The van der Waals surface area contributed by atoms with E-state index in [-0.39, 0.29) is 38.3 Å². The van der Waals surface area contributed by atoms with Crippen LogP contribution in [0.3, 0.4) is 0 Å². The van der Waals surface area contributed by atoms with Crippen molar-refractivity contribution in [3.8, 4) is 5.75 Å². The molecule has 0 atom stereocenters. The molecular formula is C7H11ClMgO. The Kier molecular flexibility index (Phi) is 7.42. The molecule has 0 aliphatic heterocycles. The first-order valence-electron chi connectivity index (χ1n) is 2.55. The zero-order chi connectivity index (χ0) is 5.98. The predicted molar refractivity (Wildman–Crippen MR) is 48.1 cm³/mol. The summed E-state index contributed by atoms with van der Waals surface area (Å²) in [5, 5.41) is 8.92. The third kappa shape index (κ3) is 3.30. The van der Waals surface area contributed by atoms with Crippen molar-refractivity contribution in [2.75, 3.05) is 0 Å². The van der Waals surface area contributed by atoms with Crippen molar-refractivity contribution in [2.45, 2.75) is 6.92 Å². The van der Waals surface area contributed by atoms with Crippen molar-refractivity contribution in [1.29, 1.82) is 0 Å². The minimum atomic E-state index is 0. The molecule has 0 amide bonds. The molecule has 0 aliphatic rings. The summed E-state index contributed by atoms with van der Waals surface area (Å²) in [6.07, 6.45) is 0. The third-order valence-electron chi connectivity index (χ3n) is 1.12. The summed E-state index contributed by atoms with van der Waals surface area (Å²) in [5.74, 6) is 0.368. The average Bonchev–Trinajstić information content (AvgIpc) is 1.77. The molecular weight excluding hydrogens is 160 g/mol. The number of hydrogen-bond donors (Lipinski definition) is 1. The molecule has 1 N–H and O–H groups in total. The van der Waals surface area contributed by atoms with Gasteiger partial charge < -0.3 is 7.96 Å². The van der Waals surface area contributed by atoms with Crippen LogP contribution >= 0.6 is 12.4 Å². The maximum absolute atomic E-state index is 8.92. The Labute approximate surface area is 86.0 Å². The van der Waals surface area contributed by atoms with E-state index >= 15 is 0 Å². The fraction of sp³-hybridized carbons (Fsp3) is 0.143. The van der Waals surface area contributed by atoms with Crippen molar-refractivity contribution in [3.63, 3.8) is 0 Å². The van der Waals surface area contributed by atoms with E-state index in [9.17, 15) is 0 Å². The van der Waals surface area contributed by atoms with Gasteiger partial charge in [0.25, 0.3) is 0 Å². The number of benzene rings is 1. The van der Waals surface area contributed by atoms with Crippen LogP contribution in [0, 0.1) is 6.92 Å². The Morgan fingerprint density at radius 3 is 2.10 bits per heavy atom. The predicted octanol–water partition coefficient (Wildman–Crippen LogP) is 1.97. The molecule has 3 heteroatoms. The number of hydrogen-bond acceptors (Lipinski definition) is 1. The molecule has 0 bridgehead atoms. The largest absolute Gasteiger partial charge is 2.00 e. The van der Waals surface area contributed by atoms with Crippen molar-refractivity contribution in [2.24, 2.45) is 0 Å². The van der Waals surface area contributed by atoms with E-state index in [0.29, 0.717) is 5.75 Å². The van der Waals surface area contributed by atoms with Gasteiger partial charge in [0, 0.05) is 0 Å². The van der Waals surface area contributed by atoms with Crippen molar-refractivity contribution in [1.82, 2.24) is 0 Å². The summed E-state index contributed by atoms with van der Waals surface area (Å²) in [6.45, 7) is 1.87. The molecule has 1 aromatic carbocycles. The van der Waals surface area contributed by atoms with Crippen molar-refractivity contribution in [3.05, 3.63) is 29.8 Å². The number of aromatic hydroxyl groups is 1. The molecule has 1 aromatic rings. The molecule has 0 fully saturated rings. The molecule has 0 heterocycles. The first-order chi connectivity index (χ1) is 3.80. The molecule has 0 spiro atoms. The molecule has 0 aromatic heterocycles. The van der Waals surface area contributed by atoms with Crippen LogP contribution in [0.4, 0.5) is 0 Å². The minimum Gasteiger partial charge on any atom is -1.00 e. The van der Waals surface area contributed by atoms with E-state index < -0.39 is 0 Å². The number of aryl methyl sites for hydroxylation is 1. The van der Waals surface area contributed by atoms with Crippen LogP contribution in [0.1, 0.15) is 8.42 Å². The molecule has 0 saturated heterocycles. The molecule has 54 valence electrons. The second-order valence-electron chi connectivity index (χ2n) is 1.79. The monoisotopic (exact) mass is 170 g/mol. The summed E-state index contributed by atoms with van der Waals surface area (Å²) in [4.78, 5) is 0. The van der Waals surface area contributed by atoms with Gasteiger partial charge in [-0.25, -0.2) is 0 Å². The Balaban J connectivity index is -0.0000000800. The third-order valence-corrected chi connectivity index (χ3v) is 1.12. The smallest absolute Gasteiger partial charge is 1.00 e. The Hall–Kier alpha value is 0.0762. The zero-order valence-electron chi connectivity index (χ0n) is 7.87. The van der Waals surface area contributed by atoms with Crippen LogP contribution < -0.4 is 0 Å². The number of para-hydroxylation sites is 1. The summed E-state index contributed by atoms with van der Waals surface area (Å²) in [7, 11) is 0. The van der Waals surface area contributed by atoms with E-state index in [0.717, 1.165) is 5.56 Å². The number of phenols is 1. The summed E-state index contributed by atoms with van der Waals surface area (Å²) in [6, 6.07) is 7.25. The molecule has 0 aliphatic carbocycles. The van der Waals surface area contributed by atoms with Gasteiger partial charge in [0.15, 0.2) is 0 Å². The summed E-state index contributed by atoms with van der Waals surface area (Å²) < 4.78 is 0. The van der Waals surface area contributed by atoms with Gasteiger partial charge in [-0.05, 0) is 18.6 Å².